The van der Waals surface area contributed by atoms with Gasteiger partial charge in [-0.15, -0.1) is 0 Å². The summed E-state index contributed by atoms with van der Waals surface area (Å²) in [4.78, 5) is 0. The second-order valence-electron chi connectivity index (χ2n) is 8.56. The third-order valence-corrected chi connectivity index (χ3v) is 6.68. The number of hydrogen-bond donors (Lipinski definition) is 0. The lowest BCUT2D eigenvalue weighted by molar-refractivity contribution is 0.656. The molecule has 3 nitrogen and oxygen atoms in total. The first-order valence-corrected chi connectivity index (χ1v) is 11.0. The highest BCUT2D eigenvalue weighted by molar-refractivity contribution is 6.15. The molecule has 0 saturated carbocycles. The van der Waals surface area contributed by atoms with Crippen molar-refractivity contribution < 1.29 is 13.3 Å². The van der Waals surface area contributed by atoms with Crippen molar-refractivity contribution in [3.05, 3.63) is 97.1 Å². The van der Waals surface area contributed by atoms with Crippen molar-refractivity contribution in [1.82, 2.24) is 0 Å². The second kappa shape index (κ2) is 6.05. The summed E-state index contributed by atoms with van der Waals surface area (Å²) in [6.45, 7) is 0. The molecule has 154 valence electrons. The quantitative estimate of drug-likeness (QED) is 0.264. The van der Waals surface area contributed by atoms with Crippen LogP contribution in [0, 0.1) is 0 Å². The van der Waals surface area contributed by atoms with Gasteiger partial charge in [0.2, 0.25) is 0 Å². The maximum Gasteiger partial charge on any atom is 0.139 e. The summed E-state index contributed by atoms with van der Waals surface area (Å²) >= 11 is 0. The Labute approximate surface area is 187 Å². The number of rotatable bonds is 1. The van der Waals surface area contributed by atoms with Crippen molar-refractivity contribution in [2.24, 2.45) is 0 Å². The zero-order valence-corrected chi connectivity index (χ0v) is 17.5. The Hall–Kier alpha value is -4.50. The number of benzene rings is 5. The third kappa shape index (κ3) is 2.34. The largest absolute Gasteiger partial charge is 0.456 e. The van der Waals surface area contributed by atoms with Crippen LogP contribution in [0.15, 0.2) is 110 Å². The van der Waals surface area contributed by atoms with E-state index in [1.165, 1.54) is 0 Å². The lowest BCUT2D eigenvalue weighted by Crippen LogP contribution is -1.78. The smallest absolute Gasteiger partial charge is 0.139 e. The van der Waals surface area contributed by atoms with Crippen LogP contribution in [0.4, 0.5) is 0 Å². The standard InChI is InChI=1S/C30H16O3/c1-3-7-25-19(5-1)21-13-17(9-11-27(21)31-25)18-10-12-28-22(14-18)24-15-23-20-6-2-4-8-26(20)32-29(23)16-30(24)33-28/h1-16H. The van der Waals surface area contributed by atoms with Crippen LogP contribution in [0.25, 0.3) is 76.9 Å². The minimum Gasteiger partial charge on any atom is -0.456 e. The van der Waals surface area contributed by atoms with E-state index in [0.717, 1.165) is 76.9 Å². The molecule has 0 saturated heterocycles. The normalized spacial score (nSPS) is 12.2. The van der Waals surface area contributed by atoms with Crippen LogP contribution in [-0.4, -0.2) is 0 Å². The lowest BCUT2D eigenvalue weighted by Gasteiger charge is -2.02. The number of hydrogen-bond acceptors (Lipinski definition) is 3. The van der Waals surface area contributed by atoms with Gasteiger partial charge in [-0.2, -0.15) is 0 Å². The van der Waals surface area contributed by atoms with Crippen molar-refractivity contribution in [2.75, 3.05) is 0 Å². The first kappa shape index (κ1) is 17.1. The van der Waals surface area contributed by atoms with Crippen molar-refractivity contribution in [3.8, 4) is 11.1 Å². The Bertz CT molecular complexity index is 2030. The molecule has 0 amide bonds. The van der Waals surface area contributed by atoms with Crippen molar-refractivity contribution in [2.45, 2.75) is 0 Å². The number of furan rings is 3. The molecule has 5 aromatic carbocycles. The Balaban J connectivity index is 1.38. The molecule has 0 spiro atoms. The van der Waals surface area contributed by atoms with Gasteiger partial charge in [-0.25, -0.2) is 0 Å². The molecular formula is C30H16O3. The van der Waals surface area contributed by atoms with E-state index in [0.29, 0.717) is 0 Å². The summed E-state index contributed by atoms with van der Waals surface area (Å²) in [6, 6.07) is 33.3. The maximum atomic E-state index is 6.19. The zero-order chi connectivity index (χ0) is 21.5. The van der Waals surface area contributed by atoms with E-state index in [4.69, 9.17) is 13.3 Å². The van der Waals surface area contributed by atoms with Gasteiger partial charge in [0, 0.05) is 38.4 Å². The van der Waals surface area contributed by atoms with Gasteiger partial charge >= 0.3 is 0 Å². The molecule has 0 atom stereocenters. The van der Waals surface area contributed by atoms with Gasteiger partial charge in [0.1, 0.15) is 33.5 Å². The van der Waals surface area contributed by atoms with Gasteiger partial charge in [-0.05, 0) is 53.6 Å². The van der Waals surface area contributed by atoms with Crippen LogP contribution in [0.1, 0.15) is 0 Å². The van der Waals surface area contributed by atoms with Gasteiger partial charge < -0.3 is 13.3 Å². The topological polar surface area (TPSA) is 39.4 Å². The second-order valence-corrected chi connectivity index (χ2v) is 8.56. The molecule has 0 aliphatic rings. The van der Waals surface area contributed by atoms with Crippen LogP contribution >= 0.6 is 0 Å². The van der Waals surface area contributed by atoms with E-state index in [1.54, 1.807) is 0 Å². The molecule has 0 aliphatic heterocycles. The molecule has 3 aromatic heterocycles. The Kier molecular flexibility index (Phi) is 3.14. The predicted octanol–water partition coefficient (Wildman–Crippen LogP) is 9.05. The van der Waals surface area contributed by atoms with Crippen LogP contribution in [0.2, 0.25) is 0 Å². The first-order chi connectivity index (χ1) is 16.3. The van der Waals surface area contributed by atoms with Crippen molar-refractivity contribution in [3.63, 3.8) is 0 Å². The molecule has 0 radical (unpaired) electrons. The van der Waals surface area contributed by atoms with Gasteiger partial charge in [0.15, 0.2) is 0 Å². The SMILES string of the molecule is c1ccc2c(c1)oc1ccc(-c3ccc4oc5cc6oc7ccccc7c6cc5c4c3)cc12. The molecule has 3 heterocycles. The highest BCUT2D eigenvalue weighted by Crippen LogP contribution is 2.39. The summed E-state index contributed by atoms with van der Waals surface area (Å²) in [5.41, 5.74) is 7.58. The summed E-state index contributed by atoms with van der Waals surface area (Å²) in [6.07, 6.45) is 0. The fourth-order valence-electron chi connectivity index (χ4n) is 5.08. The highest BCUT2D eigenvalue weighted by Gasteiger charge is 2.14. The predicted molar refractivity (Wildman–Crippen MR) is 134 cm³/mol. The van der Waals surface area contributed by atoms with E-state index in [9.17, 15) is 0 Å². The average Bonchev–Trinajstić information content (AvgIpc) is 3.52. The minimum absolute atomic E-state index is 0.838. The summed E-state index contributed by atoms with van der Waals surface area (Å²) in [5, 5.41) is 6.70. The molecule has 8 rings (SSSR count). The molecule has 0 unspecified atom stereocenters. The minimum atomic E-state index is 0.838. The Morgan fingerprint density at radius 2 is 0.727 bits per heavy atom. The van der Waals surface area contributed by atoms with Crippen LogP contribution in [0.3, 0.4) is 0 Å². The third-order valence-electron chi connectivity index (χ3n) is 6.68. The lowest BCUT2D eigenvalue weighted by atomic mass is 10.0. The summed E-state index contributed by atoms with van der Waals surface area (Å²) in [7, 11) is 0. The molecule has 3 heteroatoms. The van der Waals surface area contributed by atoms with Gasteiger partial charge in [-0.3, -0.25) is 0 Å². The van der Waals surface area contributed by atoms with Crippen LogP contribution in [0.5, 0.6) is 0 Å². The molecule has 8 aromatic rings. The Morgan fingerprint density at radius 1 is 0.303 bits per heavy atom. The van der Waals surface area contributed by atoms with E-state index >= 15 is 0 Å². The van der Waals surface area contributed by atoms with E-state index in [2.05, 4.69) is 54.6 Å². The summed E-state index contributed by atoms with van der Waals surface area (Å²) in [5.74, 6) is 0. The van der Waals surface area contributed by atoms with E-state index in [-0.39, 0.29) is 0 Å². The molecule has 33 heavy (non-hydrogen) atoms. The fraction of sp³-hybridized carbons (Fsp3) is 0. The van der Waals surface area contributed by atoms with Gasteiger partial charge in [0.05, 0.1) is 0 Å². The molecular weight excluding hydrogens is 408 g/mol. The molecule has 0 N–H and O–H groups in total. The van der Waals surface area contributed by atoms with E-state index < -0.39 is 0 Å². The van der Waals surface area contributed by atoms with E-state index in [1.807, 2.05) is 42.5 Å². The molecule has 0 bridgehead atoms. The molecule has 0 fully saturated rings. The van der Waals surface area contributed by atoms with Crippen molar-refractivity contribution in [1.29, 1.82) is 0 Å². The number of fused-ring (bicyclic) bond motifs is 9. The monoisotopic (exact) mass is 424 g/mol. The maximum absolute atomic E-state index is 6.19. The fourth-order valence-corrected chi connectivity index (χ4v) is 5.08. The Morgan fingerprint density at radius 3 is 1.33 bits per heavy atom. The first-order valence-electron chi connectivity index (χ1n) is 11.0. The van der Waals surface area contributed by atoms with Crippen LogP contribution in [-0.2, 0) is 0 Å². The van der Waals surface area contributed by atoms with Gasteiger partial charge in [0.25, 0.3) is 0 Å². The number of para-hydroxylation sites is 2. The zero-order valence-electron chi connectivity index (χ0n) is 17.5. The molecule has 0 aliphatic carbocycles. The van der Waals surface area contributed by atoms with Crippen LogP contribution < -0.4 is 0 Å². The van der Waals surface area contributed by atoms with Gasteiger partial charge in [-0.1, -0.05) is 48.5 Å². The summed E-state index contributed by atoms with van der Waals surface area (Å²) < 4.78 is 18.2. The van der Waals surface area contributed by atoms with Crippen molar-refractivity contribution >= 4 is 65.8 Å². The average molecular weight is 424 g/mol. The highest BCUT2D eigenvalue weighted by atomic mass is 16.3.